The number of nitrogens with one attached hydrogen (secondary N) is 1. The Labute approximate surface area is 112 Å². The highest BCUT2D eigenvalue weighted by Gasteiger charge is 2.15. The first-order valence-corrected chi connectivity index (χ1v) is 6.37. The van der Waals surface area contributed by atoms with E-state index in [0.29, 0.717) is 21.5 Å². The first kappa shape index (κ1) is 13.3. The summed E-state index contributed by atoms with van der Waals surface area (Å²) in [5, 5.41) is 0.308. The molecular weight excluding hydrogens is 268 g/mol. The van der Waals surface area contributed by atoms with E-state index in [-0.39, 0.29) is 6.61 Å². The van der Waals surface area contributed by atoms with Crippen LogP contribution in [0, 0.1) is 0 Å². The number of rotatable bonds is 4. The number of hydrogen-bond donors (Lipinski definition) is 1. The van der Waals surface area contributed by atoms with Crippen molar-refractivity contribution in [2.75, 3.05) is 6.61 Å². The summed E-state index contributed by atoms with van der Waals surface area (Å²) in [4.78, 5) is 37.7. The van der Waals surface area contributed by atoms with Gasteiger partial charge in [-0.25, -0.2) is 9.59 Å². The average Bonchev–Trinajstić information content (AvgIpc) is 2.82. The number of thiophene rings is 1. The van der Waals surface area contributed by atoms with Gasteiger partial charge >= 0.3 is 11.7 Å². The van der Waals surface area contributed by atoms with Crippen LogP contribution in [0.15, 0.2) is 28.3 Å². The second kappa shape index (κ2) is 5.23. The molecule has 0 aliphatic carbocycles. The number of hydrogen-bond acceptors (Lipinski definition) is 5. The highest BCUT2D eigenvalue weighted by atomic mass is 32.1. The van der Waals surface area contributed by atoms with Crippen LogP contribution in [0.3, 0.4) is 0 Å². The number of esters is 1. The molecule has 0 fully saturated rings. The van der Waals surface area contributed by atoms with E-state index >= 15 is 0 Å². The van der Waals surface area contributed by atoms with E-state index in [4.69, 9.17) is 4.74 Å². The molecular formula is C12H12N2O4S. The zero-order valence-corrected chi connectivity index (χ0v) is 11.1. The Kier molecular flexibility index (Phi) is 3.66. The van der Waals surface area contributed by atoms with Gasteiger partial charge < -0.3 is 4.74 Å². The number of H-pyrrole nitrogens is 1. The number of ether oxygens (including phenoxy) is 1. The molecule has 0 radical (unpaired) electrons. The van der Waals surface area contributed by atoms with Gasteiger partial charge in [0.1, 0.15) is 9.71 Å². The monoisotopic (exact) mass is 280 g/mol. The Hall–Kier alpha value is -2.15. The molecule has 0 unspecified atom stereocenters. The van der Waals surface area contributed by atoms with Crippen LogP contribution in [-0.4, -0.2) is 22.1 Å². The van der Waals surface area contributed by atoms with Gasteiger partial charge in [-0.3, -0.25) is 14.3 Å². The fraction of sp³-hybridized carbons (Fsp3) is 0.250. The molecule has 0 amide bonds. The molecule has 0 aliphatic heterocycles. The van der Waals surface area contributed by atoms with Crippen molar-refractivity contribution in [3.05, 3.63) is 44.4 Å². The minimum absolute atomic E-state index is 0.242. The molecule has 0 atom stereocenters. The lowest BCUT2D eigenvalue weighted by molar-refractivity contribution is 0.0517. The van der Waals surface area contributed by atoms with Crippen LogP contribution in [0.1, 0.15) is 16.1 Å². The van der Waals surface area contributed by atoms with Crippen LogP contribution in [-0.2, 0) is 11.8 Å². The third-order valence-corrected chi connectivity index (χ3v) is 3.73. The van der Waals surface area contributed by atoms with Gasteiger partial charge in [-0.1, -0.05) is 6.08 Å². The van der Waals surface area contributed by atoms with E-state index in [0.717, 1.165) is 11.3 Å². The molecule has 0 saturated carbocycles. The molecule has 2 aromatic heterocycles. The maximum Gasteiger partial charge on any atom is 0.348 e. The smallest absolute Gasteiger partial charge is 0.348 e. The third kappa shape index (κ3) is 2.50. The van der Waals surface area contributed by atoms with Crippen molar-refractivity contribution in [2.24, 2.45) is 7.05 Å². The summed E-state index contributed by atoms with van der Waals surface area (Å²) >= 11 is 1.06. The van der Waals surface area contributed by atoms with E-state index in [2.05, 4.69) is 11.6 Å². The highest BCUT2D eigenvalue weighted by Crippen LogP contribution is 2.22. The zero-order chi connectivity index (χ0) is 14.0. The summed E-state index contributed by atoms with van der Waals surface area (Å²) in [7, 11) is 1.53. The van der Waals surface area contributed by atoms with E-state index in [9.17, 15) is 14.4 Å². The van der Waals surface area contributed by atoms with Crippen molar-refractivity contribution in [1.82, 2.24) is 9.55 Å². The highest BCUT2D eigenvalue weighted by molar-refractivity contribution is 7.20. The number of aromatic nitrogens is 2. The van der Waals surface area contributed by atoms with E-state index < -0.39 is 17.2 Å². The second-order valence-corrected chi connectivity index (χ2v) is 4.89. The molecule has 1 N–H and O–H groups in total. The summed E-state index contributed by atoms with van der Waals surface area (Å²) in [5.41, 5.74) is -1.01. The van der Waals surface area contributed by atoms with Crippen LogP contribution < -0.4 is 11.2 Å². The van der Waals surface area contributed by atoms with Crippen molar-refractivity contribution >= 4 is 27.5 Å². The SMILES string of the molecule is C=CCCOC(=O)c1cc2c(=O)[nH]c(=O)n(C)c2s1. The molecule has 2 heterocycles. The molecule has 0 spiro atoms. The molecule has 2 aromatic rings. The largest absolute Gasteiger partial charge is 0.461 e. The maximum absolute atomic E-state index is 11.8. The van der Waals surface area contributed by atoms with E-state index in [1.807, 2.05) is 0 Å². The van der Waals surface area contributed by atoms with Crippen molar-refractivity contribution in [3.63, 3.8) is 0 Å². The van der Waals surface area contributed by atoms with Gasteiger partial charge in [-0.2, -0.15) is 0 Å². The van der Waals surface area contributed by atoms with Crippen LogP contribution in [0.4, 0.5) is 0 Å². The lowest BCUT2D eigenvalue weighted by Gasteiger charge is -1.99. The summed E-state index contributed by atoms with van der Waals surface area (Å²) < 4.78 is 6.30. The topological polar surface area (TPSA) is 81.2 Å². The maximum atomic E-state index is 11.8. The summed E-state index contributed by atoms with van der Waals surface area (Å²) in [5.74, 6) is -0.505. The zero-order valence-electron chi connectivity index (χ0n) is 10.3. The predicted octanol–water partition coefficient (Wildman–Crippen LogP) is 1.02. The Morgan fingerprint density at radius 1 is 1.58 bits per heavy atom. The summed E-state index contributed by atoms with van der Waals surface area (Å²) in [6.07, 6.45) is 2.21. The van der Waals surface area contributed by atoms with Gasteiger partial charge in [0.2, 0.25) is 0 Å². The molecule has 100 valence electrons. The van der Waals surface area contributed by atoms with E-state index in [1.165, 1.54) is 17.7 Å². The molecule has 0 bridgehead atoms. The van der Waals surface area contributed by atoms with Crippen LogP contribution >= 0.6 is 11.3 Å². The van der Waals surface area contributed by atoms with Gasteiger partial charge in [-0.15, -0.1) is 17.9 Å². The standard InChI is InChI=1S/C12H12N2O4S/c1-3-4-5-18-11(16)8-6-7-9(15)13-12(17)14(2)10(7)19-8/h3,6H,1,4-5H2,2H3,(H,13,15,17). The molecule has 19 heavy (non-hydrogen) atoms. The number of aryl methyl sites for hydroxylation is 1. The third-order valence-electron chi connectivity index (χ3n) is 2.54. The Balaban J connectivity index is 2.42. The van der Waals surface area contributed by atoms with Gasteiger partial charge in [0.25, 0.3) is 5.56 Å². The molecule has 7 heteroatoms. The van der Waals surface area contributed by atoms with E-state index in [1.54, 1.807) is 6.08 Å². The van der Waals surface area contributed by atoms with Gasteiger partial charge in [0.15, 0.2) is 0 Å². The van der Waals surface area contributed by atoms with Gasteiger partial charge in [-0.05, 0) is 12.5 Å². The molecule has 0 aromatic carbocycles. The van der Waals surface area contributed by atoms with Crippen LogP contribution in [0.25, 0.3) is 10.2 Å². The second-order valence-electron chi connectivity index (χ2n) is 3.86. The van der Waals surface area contributed by atoms with Crippen LogP contribution in [0.5, 0.6) is 0 Å². The lowest BCUT2D eigenvalue weighted by atomic mass is 10.3. The molecule has 0 aliphatic rings. The lowest BCUT2D eigenvalue weighted by Crippen LogP contribution is -2.27. The van der Waals surface area contributed by atoms with Crippen molar-refractivity contribution in [1.29, 1.82) is 0 Å². The number of aromatic amines is 1. The Morgan fingerprint density at radius 3 is 3.00 bits per heavy atom. The molecule has 0 saturated heterocycles. The first-order valence-electron chi connectivity index (χ1n) is 5.55. The average molecular weight is 280 g/mol. The predicted molar refractivity (Wildman–Crippen MR) is 72.8 cm³/mol. The van der Waals surface area contributed by atoms with Crippen molar-refractivity contribution in [3.8, 4) is 0 Å². The summed E-state index contributed by atoms with van der Waals surface area (Å²) in [6.45, 7) is 3.77. The number of carbonyl (C=O) groups excluding carboxylic acids is 1. The van der Waals surface area contributed by atoms with Crippen LogP contribution in [0.2, 0.25) is 0 Å². The quantitative estimate of drug-likeness (QED) is 0.515. The van der Waals surface area contributed by atoms with Gasteiger partial charge in [0, 0.05) is 7.05 Å². The summed E-state index contributed by atoms with van der Waals surface area (Å²) in [6, 6.07) is 1.44. The normalized spacial score (nSPS) is 10.6. The van der Waals surface area contributed by atoms with Gasteiger partial charge in [0.05, 0.1) is 12.0 Å². The number of nitrogens with zero attached hydrogens (tertiary/aromatic N) is 1. The molecule has 6 nitrogen and oxygen atoms in total. The van der Waals surface area contributed by atoms with Crippen molar-refractivity contribution < 1.29 is 9.53 Å². The van der Waals surface area contributed by atoms with Crippen molar-refractivity contribution in [2.45, 2.75) is 6.42 Å². The fourth-order valence-corrected chi connectivity index (χ4v) is 2.55. The fourth-order valence-electron chi connectivity index (χ4n) is 1.54. The number of carbonyl (C=O) groups is 1. The number of fused-ring (bicyclic) bond motifs is 1. The Bertz CT molecular complexity index is 753. The minimum Gasteiger partial charge on any atom is -0.461 e. The first-order chi connectivity index (χ1) is 9.04. The molecule has 2 rings (SSSR count). The Morgan fingerprint density at radius 2 is 2.32 bits per heavy atom. The minimum atomic E-state index is -0.508.